The van der Waals surface area contributed by atoms with Gasteiger partial charge in [0, 0.05) is 25.8 Å². The molecule has 1 rings (SSSR count). The number of hydrogen-bond donors (Lipinski definition) is 1. The van der Waals surface area contributed by atoms with Crippen molar-refractivity contribution in [2.45, 2.75) is 19.9 Å². The summed E-state index contributed by atoms with van der Waals surface area (Å²) in [5.41, 5.74) is 6.87. The van der Waals surface area contributed by atoms with Gasteiger partial charge in [0.25, 0.3) is 0 Å². The highest BCUT2D eigenvalue weighted by molar-refractivity contribution is 5.38. The average molecular weight is 179 g/mol. The lowest BCUT2D eigenvalue weighted by Gasteiger charge is -2.20. The Balaban J connectivity index is 2.66. The number of likely N-dealkylation sites (N-methyl/N-ethyl adjacent to an activating group) is 1. The predicted octanol–water partition coefficient (Wildman–Crippen LogP) is 1.17. The van der Waals surface area contributed by atoms with Crippen LogP contribution in [0.15, 0.2) is 18.3 Å². The van der Waals surface area contributed by atoms with Crippen LogP contribution in [-0.2, 0) is 0 Å². The first-order valence-corrected chi connectivity index (χ1v) is 4.49. The van der Waals surface area contributed by atoms with E-state index in [1.807, 2.05) is 33.2 Å². The second kappa shape index (κ2) is 4.23. The minimum atomic E-state index is 0.174. The van der Waals surface area contributed by atoms with E-state index in [-0.39, 0.29) is 6.04 Å². The van der Waals surface area contributed by atoms with Crippen LogP contribution in [-0.4, -0.2) is 24.6 Å². The normalized spacial score (nSPS) is 12.6. The molecule has 3 nitrogen and oxygen atoms in total. The van der Waals surface area contributed by atoms with Gasteiger partial charge in [-0.3, -0.25) is 0 Å². The van der Waals surface area contributed by atoms with E-state index in [2.05, 4.69) is 16.0 Å². The van der Waals surface area contributed by atoms with E-state index in [9.17, 15) is 0 Å². The Hall–Kier alpha value is -1.09. The standard InChI is InChI=1S/C10H17N3/c1-8-4-5-10(12-6-8)13(3)7-9(2)11/h4-6,9H,7,11H2,1-3H3. The number of hydrogen-bond acceptors (Lipinski definition) is 3. The summed E-state index contributed by atoms with van der Waals surface area (Å²) in [7, 11) is 2.00. The van der Waals surface area contributed by atoms with Gasteiger partial charge >= 0.3 is 0 Å². The van der Waals surface area contributed by atoms with E-state index in [0.717, 1.165) is 12.4 Å². The van der Waals surface area contributed by atoms with Crippen molar-refractivity contribution < 1.29 is 0 Å². The number of rotatable bonds is 3. The molecule has 0 bridgehead atoms. The molecule has 72 valence electrons. The topological polar surface area (TPSA) is 42.1 Å². The minimum absolute atomic E-state index is 0.174. The molecule has 3 heteroatoms. The molecule has 0 aliphatic heterocycles. The maximum atomic E-state index is 5.69. The average Bonchev–Trinajstić information content (AvgIpc) is 2.04. The van der Waals surface area contributed by atoms with Gasteiger partial charge in [-0.15, -0.1) is 0 Å². The highest BCUT2D eigenvalue weighted by atomic mass is 15.2. The molecule has 1 aromatic heterocycles. The Kier molecular flexibility index (Phi) is 3.25. The van der Waals surface area contributed by atoms with Crippen LogP contribution >= 0.6 is 0 Å². The summed E-state index contributed by atoms with van der Waals surface area (Å²) in [6.07, 6.45) is 1.87. The van der Waals surface area contributed by atoms with Crippen molar-refractivity contribution in [3.8, 4) is 0 Å². The third kappa shape index (κ3) is 3.03. The van der Waals surface area contributed by atoms with Gasteiger partial charge in [-0.2, -0.15) is 0 Å². The Bertz CT molecular complexity index is 253. The van der Waals surface area contributed by atoms with E-state index in [1.54, 1.807) is 0 Å². The lowest BCUT2D eigenvalue weighted by atomic mass is 10.3. The first kappa shape index (κ1) is 9.99. The number of nitrogens with two attached hydrogens (primary N) is 1. The van der Waals surface area contributed by atoms with Gasteiger partial charge in [-0.1, -0.05) is 6.07 Å². The Labute approximate surface area is 79.6 Å². The van der Waals surface area contributed by atoms with Crippen molar-refractivity contribution in [1.29, 1.82) is 0 Å². The van der Waals surface area contributed by atoms with Crippen molar-refractivity contribution in [3.05, 3.63) is 23.9 Å². The van der Waals surface area contributed by atoms with E-state index in [4.69, 9.17) is 5.73 Å². The molecule has 13 heavy (non-hydrogen) atoms. The molecule has 0 amide bonds. The number of aromatic nitrogens is 1. The summed E-state index contributed by atoms with van der Waals surface area (Å²) in [6.45, 7) is 4.85. The highest BCUT2D eigenvalue weighted by Gasteiger charge is 2.03. The molecule has 1 atom stereocenters. The number of anilines is 1. The van der Waals surface area contributed by atoms with Crippen LogP contribution in [0.4, 0.5) is 5.82 Å². The summed E-state index contributed by atoms with van der Waals surface area (Å²) in [4.78, 5) is 6.36. The van der Waals surface area contributed by atoms with Gasteiger partial charge in [0.2, 0.25) is 0 Å². The predicted molar refractivity (Wildman–Crippen MR) is 55.9 cm³/mol. The number of pyridine rings is 1. The largest absolute Gasteiger partial charge is 0.358 e. The fourth-order valence-corrected chi connectivity index (χ4v) is 1.21. The highest BCUT2D eigenvalue weighted by Crippen LogP contribution is 2.08. The quantitative estimate of drug-likeness (QED) is 0.757. The molecule has 0 aromatic carbocycles. The SMILES string of the molecule is Cc1ccc(N(C)CC(C)N)nc1. The van der Waals surface area contributed by atoms with Gasteiger partial charge < -0.3 is 10.6 Å². The lowest BCUT2D eigenvalue weighted by Crippen LogP contribution is -2.33. The first-order chi connectivity index (χ1) is 6.09. The van der Waals surface area contributed by atoms with Crippen molar-refractivity contribution in [1.82, 2.24) is 4.98 Å². The summed E-state index contributed by atoms with van der Waals surface area (Å²) in [5.74, 6) is 0.975. The second-order valence-corrected chi connectivity index (χ2v) is 3.55. The minimum Gasteiger partial charge on any atom is -0.358 e. The van der Waals surface area contributed by atoms with Crippen LogP contribution in [0.2, 0.25) is 0 Å². The summed E-state index contributed by atoms with van der Waals surface area (Å²) in [5, 5.41) is 0. The van der Waals surface area contributed by atoms with Crippen LogP contribution in [0.3, 0.4) is 0 Å². The molecule has 1 aromatic rings. The molecule has 0 radical (unpaired) electrons. The number of aryl methyl sites for hydroxylation is 1. The third-order valence-electron chi connectivity index (χ3n) is 1.85. The maximum absolute atomic E-state index is 5.69. The van der Waals surface area contributed by atoms with Crippen LogP contribution in [0.25, 0.3) is 0 Å². The molecular weight excluding hydrogens is 162 g/mol. The fourth-order valence-electron chi connectivity index (χ4n) is 1.21. The molecule has 0 aliphatic carbocycles. The second-order valence-electron chi connectivity index (χ2n) is 3.55. The zero-order valence-corrected chi connectivity index (χ0v) is 8.49. The molecule has 1 heterocycles. The molecular formula is C10H17N3. The van der Waals surface area contributed by atoms with Gasteiger partial charge in [-0.25, -0.2) is 4.98 Å². The van der Waals surface area contributed by atoms with Crippen molar-refractivity contribution in [2.75, 3.05) is 18.5 Å². The van der Waals surface area contributed by atoms with Gasteiger partial charge in [-0.05, 0) is 25.5 Å². The third-order valence-corrected chi connectivity index (χ3v) is 1.85. The molecule has 1 unspecified atom stereocenters. The van der Waals surface area contributed by atoms with E-state index in [1.165, 1.54) is 5.56 Å². The number of nitrogens with zero attached hydrogens (tertiary/aromatic N) is 2. The fraction of sp³-hybridized carbons (Fsp3) is 0.500. The molecule has 0 saturated carbocycles. The zero-order chi connectivity index (χ0) is 9.84. The molecule has 0 saturated heterocycles. The molecule has 2 N–H and O–H groups in total. The summed E-state index contributed by atoms with van der Waals surface area (Å²) < 4.78 is 0. The van der Waals surface area contributed by atoms with Crippen LogP contribution in [0, 0.1) is 6.92 Å². The van der Waals surface area contributed by atoms with Gasteiger partial charge in [0.1, 0.15) is 5.82 Å². The summed E-state index contributed by atoms with van der Waals surface area (Å²) in [6, 6.07) is 4.24. The Morgan fingerprint density at radius 3 is 2.69 bits per heavy atom. The first-order valence-electron chi connectivity index (χ1n) is 4.49. The zero-order valence-electron chi connectivity index (χ0n) is 8.49. The van der Waals surface area contributed by atoms with Gasteiger partial charge in [0.15, 0.2) is 0 Å². The van der Waals surface area contributed by atoms with E-state index >= 15 is 0 Å². The van der Waals surface area contributed by atoms with Gasteiger partial charge in [0.05, 0.1) is 0 Å². The van der Waals surface area contributed by atoms with Crippen molar-refractivity contribution in [2.24, 2.45) is 5.73 Å². The maximum Gasteiger partial charge on any atom is 0.128 e. The summed E-state index contributed by atoms with van der Waals surface area (Å²) >= 11 is 0. The van der Waals surface area contributed by atoms with E-state index < -0.39 is 0 Å². The van der Waals surface area contributed by atoms with Crippen LogP contribution in [0.1, 0.15) is 12.5 Å². The Morgan fingerprint density at radius 2 is 2.23 bits per heavy atom. The molecule has 0 spiro atoms. The molecule has 0 fully saturated rings. The lowest BCUT2D eigenvalue weighted by molar-refractivity contribution is 0.712. The Morgan fingerprint density at radius 1 is 1.54 bits per heavy atom. The van der Waals surface area contributed by atoms with Crippen molar-refractivity contribution >= 4 is 5.82 Å². The van der Waals surface area contributed by atoms with Crippen LogP contribution < -0.4 is 10.6 Å². The van der Waals surface area contributed by atoms with Crippen molar-refractivity contribution in [3.63, 3.8) is 0 Å². The van der Waals surface area contributed by atoms with E-state index in [0.29, 0.717) is 0 Å². The molecule has 0 aliphatic rings. The monoisotopic (exact) mass is 179 g/mol. The smallest absolute Gasteiger partial charge is 0.128 e. The van der Waals surface area contributed by atoms with Crippen LogP contribution in [0.5, 0.6) is 0 Å².